The van der Waals surface area contributed by atoms with Gasteiger partial charge in [0.2, 0.25) is 5.91 Å². The number of rotatable bonds is 0. The van der Waals surface area contributed by atoms with Crippen LogP contribution in [0.5, 0.6) is 0 Å². The lowest BCUT2D eigenvalue weighted by molar-refractivity contribution is -0.125. The summed E-state index contributed by atoms with van der Waals surface area (Å²) in [4.78, 5) is 13.2. The van der Waals surface area contributed by atoms with Crippen LogP contribution >= 0.6 is 0 Å². The lowest BCUT2D eigenvalue weighted by Crippen LogP contribution is -2.28. The molecule has 0 aromatic carbocycles. The third-order valence-corrected chi connectivity index (χ3v) is 2.34. The fraction of sp³-hybridized carbons (Fsp3) is 0.625. The minimum absolute atomic E-state index is 0.252. The number of carbonyl (C=O) groups excluding carboxylic acids is 1. The first kappa shape index (κ1) is 5.96. The maximum absolute atomic E-state index is 11.2. The standard InChI is InChI=1S/C8H11NO/c1-6-5-7-3-2-4-9(7)8(6)10/h5,7H,2-4H2,1H3. The number of hydrogen-bond donors (Lipinski definition) is 0. The van der Waals surface area contributed by atoms with Gasteiger partial charge < -0.3 is 4.90 Å². The highest BCUT2D eigenvalue weighted by Gasteiger charge is 2.32. The Morgan fingerprint density at radius 3 is 3.20 bits per heavy atom. The van der Waals surface area contributed by atoms with Crippen LogP contribution in [0.15, 0.2) is 11.6 Å². The Morgan fingerprint density at radius 2 is 2.50 bits per heavy atom. The number of hydrogen-bond acceptors (Lipinski definition) is 1. The van der Waals surface area contributed by atoms with Crippen LogP contribution in [0.25, 0.3) is 0 Å². The van der Waals surface area contributed by atoms with Gasteiger partial charge in [-0.25, -0.2) is 0 Å². The Bertz CT molecular complexity index is 207. The lowest BCUT2D eigenvalue weighted by Gasteiger charge is -2.14. The summed E-state index contributed by atoms with van der Waals surface area (Å²) < 4.78 is 0. The van der Waals surface area contributed by atoms with Crippen LogP contribution in [-0.4, -0.2) is 23.4 Å². The van der Waals surface area contributed by atoms with Gasteiger partial charge in [-0.3, -0.25) is 4.79 Å². The topological polar surface area (TPSA) is 20.3 Å². The maximum atomic E-state index is 11.2. The molecule has 2 aliphatic rings. The normalized spacial score (nSPS) is 30.9. The van der Waals surface area contributed by atoms with E-state index in [2.05, 4.69) is 6.08 Å². The molecule has 2 heteroatoms. The Labute approximate surface area is 60.5 Å². The molecule has 2 rings (SSSR count). The van der Waals surface area contributed by atoms with Gasteiger partial charge in [-0.15, -0.1) is 0 Å². The third kappa shape index (κ3) is 0.618. The first-order chi connectivity index (χ1) is 4.79. The number of carbonyl (C=O) groups is 1. The highest BCUT2D eigenvalue weighted by Crippen LogP contribution is 2.26. The second-order valence-corrected chi connectivity index (χ2v) is 3.06. The van der Waals surface area contributed by atoms with Crippen molar-refractivity contribution in [2.75, 3.05) is 6.54 Å². The fourth-order valence-corrected chi connectivity index (χ4v) is 1.80. The average molecular weight is 137 g/mol. The Hall–Kier alpha value is -0.790. The molecule has 0 saturated carbocycles. The monoisotopic (exact) mass is 137 g/mol. The van der Waals surface area contributed by atoms with Crippen LogP contribution in [0, 0.1) is 0 Å². The Kier molecular flexibility index (Phi) is 1.10. The minimum atomic E-state index is 0.252. The van der Waals surface area contributed by atoms with E-state index in [1.165, 1.54) is 12.8 Å². The molecule has 0 aliphatic carbocycles. The summed E-state index contributed by atoms with van der Waals surface area (Å²) in [6.07, 6.45) is 4.44. The molecular weight excluding hydrogens is 126 g/mol. The lowest BCUT2D eigenvalue weighted by atomic mass is 10.2. The van der Waals surface area contributed by atoms with E-state index in [1.807, 2.05) is 11.8 Å². The van der Waals surface area contributed by atoms with Crippen molar-refractivity contribution in [2.45, 2.75) is 25.8 Å². The van der Waals surface area contributed by atoms with Gasteiger partial charge in [0.15, 0.2) is 0 Å². The van der Waals surface area contributed by atoms with Crippen molar-refractivity contribution in [3.8, 4) is 0 Å². The molecule has 0 N–H and O–H groups in total. The Balaban J connectivity index is 2.28. The van der Waals surface area contributed by atoms with Crippen molar-refractivity contribution in [1.82, 2.24) is 4.90 Å². The van der Waals surface area contributed by atoms with Crippen LogP contribution in [-0.2, 0) is 4.79 Å². The molecular formula is C8H11NO. The second kappa shape index (κ2) is 1.84. The highest BCUT2D eigenvalue weighted by molar-refractivity contribution is 5.96. The maximum Gasteiger partial charge on any atom is 0.249 e. The largest absolute Gasteiger partial charge is 0.332 e. The molecule has 0 aromatic rings. The van der Waals surface area contributed by atoms with Crippen molar-refractivity contribution in [3.05, 3.63) is 11.6 Å². The molecule has 1 saturated heterocycles. The SMILES string of the molecule is CC1=CC2CCCN2C1=O. The van der Waals surface area contributed by atoms with E-state index in [-0.39, 0.29) is 5.91 Å². The smallest absolute Gasteiger partial charge is 0.249 e. The number of nitrogens with zero attached hydrogens (tertiary/aromatic N) is 1. The summed E-state index contributed by atoms with van der Waals surface area (Å²) in [5.41, 5.74) is 0.935. The van der Waals surface area contributed by atoms with Crippen LogP contribution in [0.3, 0.4) is 0 Å². The van der Waals surface area contributed by atoms with Crippen molar-refractivity contribution >= 4 is 5.91 Å². The van der Waals surface area contributed by atoms with E-state index in [0.717, 1.165) is 12.1 Å². The predicted molar refractivity (Wildman–Crippen MR) is 38.5 cm³/mol. The van der Waals surface area contributed by atoms with Gasteiger partial charge in [-0.05, 0) is 19.8 Å². The molecule has 2 heterocycles. The molecule has 0 spiro atoms. The number of fused-ring (bicyclic) bond motifs is 1. The first-order valence-electron chi connectivity index (χ1n) is 3.78. The molecule has 0 aromatic heterocycles. The van der Waals surface area contributed by atoms with Crippen molar-refractivity contribution in [1.29, 1.82) is 0 Å². The van der Waals surface area contributed by atoms with Gasteiger partial charge in [0, 0.05) is 12.1 Å². The summed E-state index contributed by atoms with van der Waals surface area (Å²) in [6, 6.07) is 0.451. The van der Waals surface area contributed by atoms with Gasteiger partial charge in [-0.1, -0.05) is 6.08 Å². The summed E-state index contributed by atoms with van der Waals surface area (Å²) in [5.74, 6) is 0.252. The van der Waals surface area contributed by atoms with Crippen LogP contribution in [0.2, 0.25) is 0 Å². The summed E-state index contributed by atoms with van der Waals surface area (Å²) in [6.45, 7) is 2.87. The summed E-state index contributed by atoms with van der Waals surface area (Å²) in [7, 11) is 0. The first-order valence-corrected chi connectivity index (χ1v) is 3.78. The number of amides is 1. The molecule has 10 heavy (non-hydrogen) atoms. The van der Waals surface area contributed by atoms with E-state index in [4.69, 9.17) is 0 Å². The van der Waals surface area contributed by atoms with Crippen LogP contribution in [0.4, 0.5) is 0 Å². The van der Waals surface area contributed by atoms with E-state index in [1.54, 1.807) is 0 Å². The van der Waals surface area contributed by atoms with Crippen LogP contribution < -0.4 is 0 Å². The Morgan fingerprint density at radius 1 is 1.70 bits per heavy atom. The molecule has 0 bridgehead atoms. The van der Waals surface area contributed by atoms with Crippen molar-refractivity contribution < 1.29 is 4.79 Å². The molecule has 1 unspecified atom stereocenters. The van der Waals surface area contributed by atoms with Crippen LogP contribution in [0.1, 0.15) is 19.8 Å². The zero-order chi connectivity index (χ0) is 7.14. The molecule has 54 valence electrons. The highest BCUT2D eigenvalue weighted by atomic mass is 16.2. The summed E-state index contributed by atoms with van der Waals surface area (Å²) in [5, 5.41) is 0. The molecule has 0 radical (unpaired) electrons. The molecule has 2 nitrogen and oxygen atoms in total. The fourth-order valence-electron chi connectivity index (χ4n) is 1.80. The molecule has 1 atom stereocenters. The average Bonchev–Trinajstić information content (AvgIpc) is 2.41. The van der Waals surface area contributed by atoms with E-state index >= 15 is 0 Å². The van der Waals surface area contributed by atoms with E-state index in [0.29, 0.717) is 6.04 Å². The van der Waals surface area contributed by atoms with Gasteiger partial charge >= 0.3 is 0 Å². The van der Waals surface area contributed by atoms with E-state index in [9.17, 15) is 4.79 Å². The van der Waals surface area contributed by atoms with E-state index < -0.39 is 0 Å². The molecule has 1 amide bonds. The zero-order valence-corrected chi connectivity index (χ0v) is 6.13. The summed E-state index contributed by atoms with van der Waals surface area (Å²) >= 11 is 0. The third-order valence-electron chi connectivity index (χ3n) is 2.34. The van der Waals surface area contributed by atoms with Crippen molar-refractivity contribution in [2.24, 2.45) is 0 Å². The van der Waals surface area contributed by atoms with Gasteiger partial charge in [0.1, 0.15) is 0 Å². The quantitative estimate of drug-likeness (QED) is 0.486. The van der Waals surface area contributed by atoms with Gasteiger partial charge in [-0.2, -0.15) is 0 Å². The second-order valence-electron chi connectivity index (χ2n) is 3.06. The zero-order valence-electron chi connectivity index (χ0n) is 6.13. The predicted octanol–water partition coefficient (Wildman–Crippen LogP) is 0.937. The van der Waals surface area contributed by atoms with Gasteiger partial charge in [0.05, 0.1) is 6.04 Å². The van der Waals surface area contributed by atoms with Gasteiger partial charge in [0.25, 0.3) is 0 Å². The molecule has 2 aliphatic heterocycles. The minimum Gasteiger partial charge on any atom is -0.332 e. The van der Waals surface area contributed by atoms with Crippen molar-refractivity contribution in [3.63, 3.8) is 0 Å². The molecule has 1 fully saturated rings.